The molecule has 3 nitrogen and oxygen atoms in total. The molecule has 1 aliphatic heterocycles. The van der Waals surface area contributed by atoms with Crippen LogP contribution < -0.4 is 0 Å². The Morgan fingerprint density at radius 2 is 1.64 bits per heavy atom. The van der Waals surface area contributed by atoms with Crippen molar-refractivity contribution >= 4 is 33.6 Å². The van der Waals surface area contributed by atoms with Crippen molar-refractivity contribution in [3.05, 3.63) is 78.0 Å². The lowest BCUT2D eigenvalue weighted by atomic mass is 10.2. The highest BCUT2D eigenvalue weighted by molar-refractivity contribution is 8.15. The third kappa shape index (κ3) is 2.31. The smallest absolute Gasteiger partial charge is 0.266 e. The number of benzene rings is 2. The number of pyridine rings is 1. The summed E-state index contributed by atoms with van der Waals surface area (Å²) in [6.45, 7) is 0. The van der Waals surface area contributed by atoms with E-state index in [1.807, 2.05) is 66.7 Å². The number of fused-ring (bicyclic) bond motifs is 1. The van der Waals surface area contributed by atoms with Crippen LogP contribution in [0.25, 0.3) is 10.9 Å². The van der Waals surface area contributed by atoms with Gasteiger partial charge in [0.2, 0.25) is 0 Å². The Labute approximate surface area is 132 Å². The number of rotatable bonds is 2. The van der Waals surface area contributed by atoms with Gasteiger partial charge in [0.05, 0.1) is 11.2 Å². The minimum atomic E-state index is -0.347. The second-order valence-electron chi connectivity index (χ2n) is 5.05. The third-order valence-corrected chi connectivity index (χ3v) is 4.80. The van der Waals surface area contributed by atoms with Crippen LogP contribution in [0.15, 0.2) is 71.7 Å². The molecule has 1 unspecified atom stereocenters. The normalized spacial score (nSPS) is 17.7. The lowest BCUT2D eigenvalue weighted by molar-refractivity contribution is -0.117. The quantitative estimate of drug-likeness (QED) is 0.718. The summed E-state index contributed by atoms with van der Waals surface area (Å²) >= 11 is 1.47. The average Bonchev–Trinajstić information content (AvgIpc) is 2.97. The number of nitrogens with zero attached hydrogens (tertiary/aromatic N) is 2. The molecule has 0 N–H and O–H groups in total. The molecule has 2 aromatic carbocycles. The van der Waals surface area contributed by atoms with Crippen LogP contribution in [0.1, 0.15) is 16.5 Å². The van der Waals surface area contributed by atoms with Crippen molar-refractivity contribution in [1.29, 1.82) is 0 Å². The van der Waals surface area contributed by atoms with Gasteiger partial charge in [-0.1, -0.05) is 66.4 Å². The highest BCUT2D eigenvalue weighted by Crippen LogP contribution is 2.38. The molecule has 0 saturated heterocycles. The fraction of sp³-hybridized carbons (Fsp3) is 0.0556. The molecular formula is C18H12N2OS. The summed E-state index contributed by atoms with van der Waals surface area (Å²) in [5.74, 6) is -0.133. The Hall–Kier alpha value is -2.46. The third-order valence-electron chi connectivity index (χ3n) is 3.57. The first kappa shape index (κ1) is 13.2. The second-order valence-corrected chi connectivity index (χ2v) is 6.14. The van der Waals surface area contributed by atoms with Crippen LogP contribution in [0.2, 0.25) is 0 Å². The topological polar surface area (TPSA) is 42.3 Å². The number of carbonyl (C=O) groups is 1. The van der Waals surface area contributed by atoms with Crippen molar-refractivity contribution in [2.24, 2.45) is 4.99 Å². The van der Waals surface area contributed by atoms with Crippen LogP contribution in [0.5, 0.6) is 0 Å². The Balaban J connectivity index is 1.68. The van der Waals surface area contributed by atoms with Crippen LogP contribution in [-0.2, 0) is 4.79 Å². The van der Waals surface area contributed by atoms with Gasteiger partial charge in [0.1, 0.15) is 10.3 Å². The van der Waals surface area contributed by atoms with Crippen LogP contribution in [-0.4, -0.2) is 15.9 Å². The van der Waals surface area contributed by atoms with E-state index in [2.05, 4.69) is 9.98 Å². The van der Waals surface area contributed by atoms with E-state index >= 15 is 0 Å². The lowest BCUT2D eigenvalue weighted by Gasteiger charge is -2.07. The van der Waals surface area contributed by atoms with Gasteiger partial charge < -0.3 is 0 Å². The Bertz CT molecular complexity index is 890. The Kier molecular flexibility index (Phi) is 3.24. The molecule has 106 valence electrons. The van der Waals surface area contributed by atoms with Crippen molar-refractivity contribution in [3.63, 3.8) is 0 Å². The van der Waals surface area contributed by atoms with Crippen molar-refractivity contribution < 1.29 is 4.79 Å². The van der Waals surface area contributed by atoms with Gasteiger partial charge in [-0.2, -0.15) is 0 Å². The number of aliphatic imine (C=N–C) groups is 1. The minimum Gasteiger partial charge on any atom is -0.271 e. The molecule has 0 saturated carbocycles. The maximum Gasteiger partial charge on any atom is 0.266 e. The van der Waals surface area contributed by atoms with Crippen LogP contribution in [0.4, 0.5) is 0 Å². The predicted molar refractivity (Wildman–Crippen MR) is 90.1 cm³/mol. The average molecular weight is 304 g/mol. The van der Waals surface area contributed by atoms with Gasteiger partial charge in [0.15, 0.2) is 0 Å². The molecule has 0 bridgehead atoms. The summed E-state index contributed by atoms with van der Waals surface area (Å²) in [4.78, 5) is 21.1. The van der Waals surface area contributed by atoms with E-state index in [0.29, 0.717) is 0 Å². The summed E-state index contributed by atoms with van der Waals surface area (Å²) in [5.41, 5.74) is 2.65. The number of carbonyl (C=O) groups excluding carboxylic acids is 1. The summed E-state index contributed by atoms with van der Waals surface area (Å²) in [6.07, 6.45) is 0. The van der Waals surface area contributed by atoms with Gasteiger partial charge in [-0.25, -0.2) is 4.99 Å². The lowest BCUT2D eigenvalue weighted by Crippen LogP contribution is -2.03. The maximum absolute atomic E-state index is 12.2. The fourth-order valence-corrected chi connectivity index (χ4v) is 3.52. The van der Waals surface area contributed by atoms with Crippen molar-refractivity contribution in [3.8, 4) is 0 Å². The molecule has 0 fully saturated rings. The highest BCUT2D eigenvalue weighted by Gasteiger charge is 2.31. The van der Waals surface area contributed by atoms with Gasteiger partial charge >= 0.3 is 0 Å². The van der Waals surface area contributed by atoms with E-state index in [0.717, 1.165) is 27.2 Å². The van der Waals surface area contributed by atoms with Gasteiger partial charge in [0, 0.05) is 10.9 Å². The van der Waals surface area contributed by atoms with Crippen molar-refractivity contribution in [1.82, 2.24) is 4.98 Å². The first-order valence-electron chi connectivity index (χ1n) is 7.01. The fourth-order valence-electron chi connectivity index (χ4n) is 2.48. The zero-order valence-electron chi connectivity index (χ0n) is 11.6. The number of para-hydroxylation sites is 1. The van der Waals surface area contributed by atoms with Crippen LogP contribution in [0.3, 0.4) is 0 Å². The number of thioether (sulfide) groups is 1. The van der Waals surface area contributed by atoms with Crippen molar-refractivity contribution in [2.45, 2.75) is 5.25 Å². The van der Waals surface area contributed by atoms with E-state index in [4.69, 9.17) is 0 Å². The largest absolute Gasteiger partial charge is 0.271 e. The zero-order chi connectivity index (χ0) is 14.9. The predicted octanol–water partition coefficient (Wildman–Crippen LogP) is 4.00. The molecule has 1 amide bonds. The molecule has 0 spiro atoms. The van der Waals surface area contributed by atoms with Crippen molar-refractivity contribution in [2.75, 3.05) is 0 Å². The maximum atomic E-state index is 12.2. The van der Waals surface area contributed by atoms with Gasteiger partial charge in [0.25, 0.3) is 5.91 Å². The molecule has 22 heavy (non-hydrogen) atoms. The van der Waals surface area contributed by atoms with E-state index < -0.39 is 0 Å². The van der Waals surface area contributed by atoms with Gasteiger partial charge in [-0.05, 0) is 12.1 Å². The molecule has 2 heterocycles. The molecular weight excluding hydrogens is 292 g/mol. The van der Waals surface area contributed by atoms with E-state index in [1.165, 1.54) is 11.8 Å². The summed E-state index contributed by atoms with van der Waals surface area (Å²) in [5, 5.41) is 1.50. The van der Waals surface area contributed by atoms with Gasteiger partial charge in [-0.3, -0.25) is 9.78 Å². The standard InChI is InChI=1S/C18H12N2OS/c21-17-16(22-18(20-17)13-7-2-1-3-8-13)15-11-10-12-6-4-5-9-14(12)19-15/h1-11,16H. The molecule has 0 radical (unpaired) electrons. The first-order chi connectivity index (χ1) is 10.8. The number of hydrogen-bond donors (Lipinski definition) is 0. The number of aromatic nitrogens is 1. The van der Waals surface area contributed by atoms with E-state index in [-0.39, 0.29) is 11.2 Å². The number of amides is 1. The molecule has 1 aromatic heterocycles. The molecule has 1 atom stereocenters. The summed E-state index contributed by atoms with van der Waals surface area (Å²) < 4.78 is 0. The molecule has 4 rings (SSSR count). The molecule has 4 heteroatoms. The molecule has 0 aliphatic carbocycles. The minimum absolute atomic E-state index is 0.133. The molecule has 1 aliphatic rings. The number of hydrogen-bond acceptors (Lipinski definition) is 3. The Morgan fingerprint density at radius 3 is 2.50 bits per heavy atom. The van der Waals surface area contributed by atoms with E-state index in [1.54, 1.807) is 0 Å². The first-order valence-corrected chi connectivity index (χ1v) is 7.89. The van der Waals surface area contributed by atoms with Gasteiger partial charge in [-0.15, -0.1) is 0 Å². The van der Waals surface area contributed by atoms with Crippen LogP contribution in [0, 0.1) is 0 Å². The Morgan fingerprint density at radius 1 is 0.864 bits per heavy atom. The second kappa shape index (κ2) is 5.39. The summed E-state index contributed by atoms with van der Waals surface area (Å²) in [7, 11) is 0. The zero-order valence-corrected chi connectivity index (χ0v) is 12.5. The monoisotopic (exact) mass is 304 g/mol. The SMILES string of the molecule is O=C1N=C(c2ccccc2)SC1c1ccc2ccccc2n1. The van der Waals surface area contributed by atoms with Crippen LogP contribution >= 0.6 is 11.8 Å². The van der Waals surface area contributed by atoms with E-state index in [9.17, 15) is 4.79 Å². The highest BCUT2D eigenvalue weighted by atomic mass is 32.2. The summed E-state index contributed by atoms with van der Waals surface area (Å²) in [6, 6.07) is 21.6. The molecule has 3 aromatic rings.